The van der Waals surface area contributed by atoms with E-state index in [1.165, 1.54) is 0 Å². The number of carboxylic acids is 1. The molecule has 4 rings (SSSR count). The smallest absolute Gasteiger partial charge is 0.326 e. The summed E-state index contributed by atoms with van der Waals surface area (Å²) in [5, 5.41) is 13.2. The Morgan fingerprint density at radius 3 is 2.25 bits per heavy atom. The van der Waals surface area contributed by atoms with Crippen LogP contribution >= 0.6 is 0 Å². The van der Waals surface area contributed by atoms with E-state index >= 15 is 0 Å². The number of nitrogens with one attached hydrogen (secondary N) is 1. The summed E-state index contributed by atoms with van der Waals surface area (Å²) in [4.78, 5) is 28.9. The highest BCUT2D eigenvalue weighted by atomic mass is 16.4. The molecule has 1 aromatic heterocycles. The zero-order valence-electron chi connectivity index (χ0n) is 17.6. The lowest BCUT2D eigenvalue weighted by atomic mass is 10.0. The molecule has 1 amide bonds. The van der Waals surface area contributed by atoms with Crippen molar-refractivity contribution in [3.63, 3.8) is 0 Å². The zero-order chi connectivity index (χ0) is 22.3. The fourth-order valence-corrected chi connectivity index (χ4v) is 3.63. The molecule has 3 aromatic carbocycles. The molecule has 0 aliphatic heterocycles. The highest BCUT2D eigenvalue weighted by molar-refractivity contribution is 5.96. The number of nitrogens with zero attached hydrogens (tertiary/aromatic N) is 1. The molecule has 0 unspecified atom stereocenters. The van der Waals surface area contributed by atoms with Gasteiger partial charge in [0.15, 0.2) is 0 Å². The first kappa shape index (κ1) is 21.2. The van der Waals surface area contributed by atoms with Gasteiger partial charge in [-0.3, -0.25) is 9.78 Å². The van der Waals surface area contributed by atoms with Crippen molar-refractivity contribution in [2.24, 2.45) is 0 Å². The summed E-state index contributed by atoms with van der Waals surface area (Å²) in [5.74, 6) is -1.45. The largest absolute Gasteiger partial charge is 0.480 e. The monoisotopic (exact) mass is 424 g/mol. The van der Waals surface area contributed by atoms with Crippen LogP contribution < -0.4 is 5.32 Å². The molecule has 0 aliphatic carbocycles. The number of aliphatic carboxylic acids is 1. The maximum Gasteiger partial charge on any atom is 0.326 e. The molecule has 32 heavy (non-hydrogen) atoms. The quantitative estimate of drug-likeness (QED) is 0.438. The number of carboxylic acid groups (broad SMARTS) is 1. The fraction of sp³-hybridized carbons (Fsp3) is 0.148. The van der Waals surface area contributed by atoms with E-state index in [0.717, 1.165) is 40.6 Å². The topological polar surface area (TPSA) is 79.3 Å². The maximum atomic E-state index is 12.6. The van der Waals surface area contributed by atoms with Crippen LogP contribution in [0.25, 0.3) is 10.9 Å². The third-order valence-corrected chi connectivity index (χ3v) is 5.43. The Balaban J connectivity index is 1.36. The third-order valence-electron chi connectivity index (χ3n) is 5.43. The van der Waals surface area contributed by atoms with Crippen LogP contribution in [0, 0.1) is 0 Å². The lowest BCUT2D eigenvalue weighted by molar-refractivity contribution is -0.139. The van der Waals surface area contributed by atoms with Crippen molar-refractivity contribution in [2.75, 3.05) is 0 Å². The molecule has 1 atom stereocenters. The standard InChI is InChI=1S/C27H24N2O3/c30-26(29-25(27(31)32)18-20-6-2-1-3-7-20)22-13-10-19(11-14-22)12-16-23-17-15-21-8-4-5-9-24(21)28-23/h1-11,13-15,17,25H,12,16,18H2,(H,29,30)(H,31,32)/t25-/m0/s1. The van der Waals surface area contributed by atoms with E-state index in [2.05, 4.69) is 11.4 Å². The molecule has 0 fully saturated rings. The van der Waals surface area contributed by atoms with Gasteiger partial charge in [-0.2, -0.15) is 0 Å². The Labute approximate surface area is 186 Å². The summed E-state index contributed by atoms with van der Waals surface area (Å²) in [5.41, 5.74) is 4.40. The highest BCUT2D eigenvalue weighted by Crippen LogP contribution is 2.14. The second-order valence-corrected chi connectivity index (χ2v) is 7.75. The van der Waals surface area contributed by atoms with Crippen LogP contribution in [-0.2, 0) is 24.1 Å². The number of hydrogen-bond donors (Lipinski definition) is 2. The average Bonchev–Trinajstić information content (AvgIpc) is 2.83. The van der Waals surface area contributed by atoms with E-state index in [1.54, 1.807) is 12.1 Å². The lowest BCUT2D eigenvalue weighted by Crippen LogP contribution is -2.42. The number of pyridine rings is 1. The van der Waals surface area contributed by atoms with Crippen LogP contribution in [0.15, 0.2) is 91.0 Å². The molecule has 160 valence electrons. The molecule has 5 heteroatoms. The number of fused-ring (bicyclic) bond motifs is 1. The number of aromatic nitrogens is 1. The molecule has 4 aromatic rings. The van der Waals surface area contributed by atoms with Crippen LogP contribution in [-0.4, -0.2) is 28.0 Å². The molecular formula is C27H24N2O3. The van der Waals surface area contributed by atoms with Gasteiger partial charge in [0.2, 0.25) is 0 Å². The summed E-state index contributed by atoms with van der Waals surface area (Å²) < 4.78 is 0. The van der Waals surface area contributed by atoms with Crippen molar-refractivity contribution in [2.45, 2.75) is 25.3 Å². The van der Waals surface area contributed by atoms with Crippen LogP contribution in [0.5, 0.6) is 0 Å². The minimum atomic E-state index is -1.05. The van der Waals surface area contributed by atoms with Crippen molar-refractivity contribution in [1.29, 1.82) is 0 Å². The summed E-state index contributed by atoms with van der Waals surface area (Å²) in [7, 11) is 0. The van der Waals surface area contributed by atoms with Gasteiger partial charge in [0.1, 0.15) is 6.04 Å². The highest BCUT2D eigenvalue weighted by Gasteiger charge is 2.21. The first-order valence-electron chi connectivity index (χ1n) is 10.6. The molecule has 5 nitrogen and oxygen atoms in total. The molecule has 1 heterocycles. The first-order valence-corrected chi connectivity index (χ1v) is 10.6. The summed E-state index contributed by atoms with van der Waals surface area (Å²) in [6, 6.07) is 27.7. The third kappa shape index (κ3) is 5.38. The molecule has 0 saturated carbocycles. The van der Waals surface area contributed by atoms with Crippen LogP contribution in [0.1, 0.15) is 27.2 Å². The summed E-state index contributed by atoms with van der Waals surface area (Å²) in [6.45, 7) is 0. The predicted octanol–water partition coefficient (Wildman–Crippen LogP) is 4.45. The van der Waals surface area contributed by atoms with Crippen molar-refractivity contribution < 1.29 is 14.7 Å². The van der Waals surface area contributed by atoms with Gasteiger partial charge < -0.3 is 10.4 Å². The minimum Gasteiger partial charge on any atom is -0.480 e. The van der Waals surface area contributed by atoms with E-state index < -0.39 is 17.9 Å². The van der Waals surface area contributed by atoms with Crippen molar-refractivity contribution in [3.8, 4) is 0 Å². The number of amides is 1. The van der Waals surface area contributed by atoms with Gasteiger partial charge in [-0.05, 0) is 48.2 Å². The number of aryl methyl sites for hydroxylation is 2. The number of rotatable bonds is 8. The van der Waals surface area contributed by atoms with Gasteiger partial charge in [0.05, 0.1) is 5.52 Å². The SMILES string of the molecule is O=C(N[C@@H](Cc1ccccc1)C(=O)O)c1ccc(CCc2ccc3ccccc3n2)cc1. The van der Waals surface area contributed by atoms with E-state index in [9.17, 15) is 14.7 Å². The minimum absolute atomic E-state index is 0.235. The molecule has 0 aliphatic rings. The van der Waals surface area contributed by atoms with E-state index in [4.69, 9.17) is 4.98 Å². The molecular weight excluding hydrogens is 400 g/mol. The first-order chi connectivity index (χ1) is 15.6. The summed E-state index contributed by atoms with van der Waals surface area (Å²) >= 11 is 0. The van der Waals surface area contributed by atoms with E-state index in [0.29, 0.717) is 5.56 Å². The predicted molar refractivity (Wildman–Crippen MR) is 125 cm³/mol. The van der Waals surface area contributed by atoms with Crippen LogP contribution in [0.2, 0.25) is 0 Å². The molecule has 0 saturated heterocycles. The van der Waals surface area contributed by atoms with E-state index in [-0.39, 0.29) is 6.42 Å². The fourth-order valence-electron chi connectivity index (χ4n) is 3.63. The zero-order valence-corrected chi connectivity index (χ0v) is 17.6. The molecule has 0 radical (unpaired) electrons. The molecule has 0 bridgehead atoms. The van der Waals surface area contributed by atoms with Gasteiger partial charge in [0.25, 0.3) is 5.91 Å². The van der Waals surface area contributed by atoms with Crippen molar-refractivity contribution >= 4 is 22.8 Å². The van der Waals surface area contributed by atoms with Crippen LogP contribution in [0.4, 0.5) is 0 Å². The second-order valence-electron chi connectivity index (χ2n) is 7.75. The number of hydrogen-bond acceptors (Lipinski definition) is 3. The maximum absolute atomic E-state index is 12.6. The Hall–Kier alpha value is -3.99. The summed E-state index contributed by atoms with van der Waals surface area (Å²) in [6.07, 6.45) is 1.84. The van der Waals surface area contributed by atoms with Gasteiger partial charge in [-0.15, -0.1) is 0 Å². The molecule has 2 N–H and O–H groups in total. The van der Waals surface area contributed by atoms with Crippen molar-refractivity contribution in [1.82, 2.24) is 10.3 Å². The Morgan fingerprint density at radius 1 is 0.781 bits per heavy atom. The molecule has 0 spiro atoms. The Morgan fingerprint density at radius 2 is 1.50 bits per heavy atom. The number of benzene rings is 3. The average molecular weight is 425 g/mol. The van der Waals surface area contributed by atoms with Gasteiger partial charge in [-0.25, -0.2) is 4.79 Å². The Kier molecular flexibility index (Phi) is 6.56. The number of carbonyl (C=O) groups excluding carboxylic acids is 1. The van der Waals surface area contributed by atoms with E-state index in [1.807, 2.05) is 72.8 Å². The van der Waals surface area contributed by atoms with Gasteiger partial charge in [0, 0.05) is 23.1 Å². The van der Waals surface area contributed by atoms with Gasteiger partial charge >= 0.3 is 5.97 Å². The second kappa shape index (κ2) is 9.88. The van der Waals surface area contributed by atoms with Crippen molar-refractivity contribution in [3.05, 3.63) is 113 Å². The number of carbonyl (C=O) groups is 2. The van der Waals surface area contributed by atoms with Gasteiger partial charge in [-0.1, -0.05) is 66.7 Å². The lowest BCUT2D eigenvalue weighted by Gasteiger charge is -2.15. The Bertz CT molecular complexity index is 1220. The number of para-hydroxylation sites is 1. The normalized spacial score (nSPS) is 11.8. The van der Waals surface area contributed by atoms with Crippen LogP contribution in [0.3, 0.4) is 0 Å².